The Morgan fingerprint density at radius 1 is 1.08 bits per heavy atom. The largest absolute Gasteiger partial charge is 0.396 e. The highest BCUT2D eigenvalue weighted by molar-refractivity contribution is 6.07. The molecule has 24 heavy (non-hydrogen) atoms. The molecule has 5 heteroatoms. The second-order valence-corrected chi connectivity index (χ2v) is 5.73. The van der Waals surface area contributed by atoms with Crippen LogP contribution in [0, 0.1) is 6.92 Å². The maximum atomic E-state index is 12.2. The number of carbonyl (C=O) groups is 1. The summed E-state index contributed by atoms with van der Waals surface area (Å²) in [4.78, 5) is 12.2. The molecule has 1 heterocycles. The fourth-order valence-electron chi connectivity index (χ4n) is 2.73. The van der Waals surface area contributed by atoms with Gasteiger partial charge in [-0.15, -0.1) is 10.2 Å². The third-order valence-electron chi connectivity index (χ3n) is 4.02. The fraction of sp³-hybridized carbons (Fsp3) is 0.211. The number of carbonyl (C=O) groups excluding carboxylic acids is 1. The molecule has 0 saturated heterocycles. The summed E-state index contributed by atoms with van der Waals surface area (Å²) >= 11 is 0. The number of benzene rings is 2. The van der Waals surface area contributed by atoms with Gasteiger partial charge in [0.15, 0.2) is 5.69 Å². The molecule has 3 aromatic rings. The minimum Gasteiger partial charge on any atom is -0.396 e. The van der Waals surface area contributed by atoms with Crippen LogP contribution in [0.1, 0.15) is 29.4 Å². The standard InChI is InChI=1S/C19H20N4O/c1-3-11-21-19(24)18-16(20)15-10-6-9-14(17(15)22-23-18)13-8-5-4-7-12(13)2/h4-10H,3,11H2,1-2H3,(H2,20,22)(H,21,24). The van der Waals surface area contributed by atoms with E-state index in [2.05, 4.69) is 28.5 Å². The number of nitrogens with two attached hydrogens (primary N) is 1. The van der Waals surface area contributed by atoms with Crippen LogP contribution in [0.5, 0.6) is 0 Å². The van der Waals surface area contributed by atoms with Crippen LogP contribution in [0.15, 0.2) is 42.5 Å². The quantitative estimate of drug-likeness (QED) is 0.772. The lowest BCUT2D eigenvalue weighted by Crippen LogP contribution is -2.26. The Bertz CT molecular complexity index is 905. The maximum absolute atomic E-state index is 12.2. The molecule has 0 unspecified atom stereocenters. The van der Waals surface area contributed by atoms with E-state index in [9.17, 15) is 4.79 Å². The smallest absolute Gasteiger partial charge is 0.273 e. The number of anilines is 1. The van der Waals surface area contributed by atoms with Crippen molar-refractivity contribution >= 4 is 22.5 Å². The third-order valence-corrected chi connectivity index (χ3v) is 4.02. The van der Waals surface area contributed by atoms with E-state index in [1.807, 2.05) is 43.3 Å². The summed E-state index contributed by atoms with van der Waals surface area (Å²) in [5, 5.41) is 11.9. The van der Waals surface area contributed by atoms with Crippen molar-refractivity contribution in [3.05, 3.63) is 53.7 Å². The molecule has 2 aromatic carbocycles. The number of nitrogen functional groups attached to an aromatic ring is 1. The zero-order valence-corrected chi connectivity index (χ0v) is 13.8. The van der Waals surface area contributed by atoms with Gasteiger partial charge in [-0.25, -0.2) is 0 Å². The molecule has 0 atom stereocenters. The molecule has 1 amide bonds. The molecule has 0 radical (unpaired) electrons. The fourth-order valence-corrected chi connectivity index (χ4v) is 2.73. The molecule has 0 fully saturated rings. The van der Waals surface area contributed by atoms with E-state index in [1.54, 1.807) is 0 Å². The van der Waals surface area contributed by atoms with Gasteiger partial charge in [0, 0.05) is 17.5 Å². The summed E-state index contributed by atoms with van der Waals surface area (Å²) in [5.41, 5.74) is 10.7. The van der Waals surface area contributed by atoms with Crippen LogP contribution in [-0.2, 0) is 0 Å². The van der Waals surface area contributed by atoms with Gasteiger partial charge in [0.25, 0.3) is 5.91 Å². The van der Waals surface area contributed by atoms with Gasteiger partial charge in [0.1, 0.15) is 5.52 Å². The topological polar surface area (TPSA) is 80.9 Å². The summed E-state index contributed by atoms with van der Waals surface area (Å²) in [5.74, 6) is -0.287. The van der Waals surface area contributed by atoms with Gasteiger partial charge < -0.3 is 11.1 Å². The van der Waals surface area contributed by atoms with Crippen LogP contribution in [0.25, 0.3) is 22.0 Å². The zero-order chi connectivity index (χ0) is 17.1. The van der Waals surface area contributed by atoms with E-state index < -0.39 is 0 Å². The number of nitrogens with one attached hydrogen (secondary N) is 1. The van der Waals surface area contributed by atoms with Crippen LogP contribution >= 0.6 is 0 Å². The van der Waals surface area contributed by atoms with Crippen molar-refractivity contribution in [3.63, 3.8) is 0 Å². The molecule has 0 spiro atoms. The molecule has 0 aliphatic heterocycles. The van der Waals surface area contributed by atoms with E-state index >= 15 is 0 Å². The third kappa shape index (κ3) is 2.80. The molecule has 3 N–H and O–H groups in total. The van der Waals surface area contributed by atoms with Gasteiger partial charge in [0.05, 0.1) is 5.69 Å². The lowest BCUT2D eigenvalue weighted by Gasteiger charge is -2.11. The Morgan fingerprint density at radius 3 is 2.58 bits per heavy atom. The lowest BCUT2D eigenvalue weighted by molar-refractivity contribution is 0.0949. The monoisotopic (exact) mass is 320 g/mol. The number of aromatic nitrogens is 2. The minimum atomic E-state index is -0.287. The Morgan fingerprint density at radius 2 is 1.83 bits per heavy atom. The molecule has 3 rings (SSSR count). The van der Waals surface area contributed by atoms with E-state index in [-0.39, 0.29) is 11.6 Å². The Kier molecular flexibility index (Phi) is 4.42. The zero-order valence-electron chi connectivity index (χ0n) is 13.8. The SMILES string of the molecule is CCCNC(=O)c1nnc2c(-c3ccccc3C)cccc2c1N. The molecule has 1 aromatic heterocycles. The average molecular weight is 320 g/mol. The van der Waals surface area contributed by atoms with Crippen molar-refractivity contribution in [3.8, 4) is 11.1 Å². The van der Waals surface area contributed by atoms with Gasteiger partial charge in [-0.3, -0.25) is 4.79 Å². The summed E-state index contributed by atoms with van der Waals surface area (Å²) in [6.07, 6.45) is 0.851. The van der Waals surface area contributed by atoms with Gasteiger partial charge in [-0.2, -0.15) is 0 Å². The molecule has 0 aliphatic rings. The summed E-state index contributed by atoms with van der Waals surface area (Å²) < 4.78 is 0. The number of hydrogen-bond acceptors (Lipinski definition) is 4. The van der Waals surface area contributed by atoms with Crippen molar-refractivity contribution < 1.29 is 4.79 Å². The first kappa shape index (κ1) is 15.9. The second-order valence-electron chi connectivity index (χ2n) is 5.73. The van der Waals surface area contributed by atoms with Crippen molar-refractivity contribution in [1.82, 2.24) is 15.5 Å². The Balaban J connectivity index is 2.15. The highest BCUT2D eigenvalue weighted by Gasteiger charge is 2.17. The first-order valence-corrected chi connectivity index (χ1v) is 8.02. The first-order valence-electron chi connectivity index (χ1n) is 8.02. The molecular weight excluding hydrogens is 300 g/mol. The van der Waals surface area contributed by atoms with Gasteiger partial charge in [-0.1, -0.05) is 49.4 Å². The van der Waals surface area contributed by atoms with Crippen molar-refractivity contribution in [2.75, 3.05) is 12.3 Å². The molecule has 122 valence electrons. The Labute approximate surface area is 140 Å². The number of nitrogens with zero attached hydrogens (tertiary/aromatic N) is 2. The summed E-state index contributed by atoms with van der Waals surface area (Å²) in [7, 11) is 0. The normalized spacial score (nSPS) is 10.8. The van der Waals surface area contributed by atoms with E-state index in [0.29, 0.717) is 17.7 Å². The molecule has 0 bridgehead atoms. The minimum absolute atomic E-state index is 0.179. The molecule has 0 saturated carbocycles. The molecular formula is C19H20N4O. The number of amides is 1. The summed E-state index contributed by atoms with van der Waals surface area (Å²) in [6, 6.07) is 13.9. The Hall–Kier alpha value is -2.95. The highest BCUT2D eigenvalue weighted by Crippen LogP contribution is 2.32. The van der Waals surface area contributed by atoms with E-state index in [0.717, 1.165) is 28.5 Å². The predicted molar refractivity (Wildman–Crippen MR) is 96.7 cm³/mol. The van der Waals surface area contributed by atoms with Crippen LogP contribution < -0.4 is 11.1 Å². The molecule has 5 nitrogen and oxygen atoms in total. The van der Waals surface area contributed by atoms with Gasteiger partial charge in [0.2, 0.25) is 0 Å². The summed E-state index contributed by atoms with van der Waals surface area (Å²) in [6.45, 7) is 4.63. The van der Waals surface area contributed by atoms with Crippen LogP contribution in [0.4, 0.5) is 5.69 Å². The van der Waals surface area contributed by atoms with Gasteiger partial charge >= 0.3 is 0 Å². The van der Waals surface area contributed by atoms with E-state index in [1.165, 1.54) is 0 Å². The number of rotatable bonds is 4. The van der Waals surface area contributed by atoms with Crippen molar-refractivity contribution in [2.45, 2.75) is 20.3 Å². The van der Waals surface area contributed by atoms with Crippen molar-refractivity contribution in [1.29, 1.82) is 0 Å². The maximum Gasteiger partial charge on any atom is 0.273 e. The van der Waals surface area contributed by atoms with Crippen LogP contribution in [0.2, 0.25) is 0 Å². The predicted octanol–water partition coefficient (Wildman–Crippen LogP) is 3.33. The van der Waals surface area contributed by atoms with Crippen molar-refractivity contribution in [2.24, 2.45) is 0 Å². The lowest BCUT2D eigenvalue weighted by atomic mass is 9.97. The average Bonchev–Trinajstić information content (AvgIpc) is 2.60. The number of fused-ring (bicyclic) bond motifs is 1. The number of hydrogen-bond donors (Lipinski definition) is 2. The van der Waals surface area contributed by atoms with E-state index in [4.69, 9.17) is 5.73 Å². The van der Waals surface area contributed by atoms with Gasteiger partial charge in [-0.05, 0) is 24.5 Å². The number of aryl methyl sites for hydroxylation is 1. The van der Waals surface area contributed by atoms with Crippen LogP contribution in [0.3, 0.4) is 0 Å². The second kappa shape index (κ2) is 6.66. The van der Waals surface area contributed by atoms with Crippen LogP contribution in [-0.4, -0.2) is 22.6 Å². The molecule has 0 aliphatic carbocycles. The first-order chi connectivity index (χ1) is 11.6. The highest BCUT2D eigenvalue weighted by atomic mass is 16.1.